The van der Waals surface area contributed by atoms with Gasteiger partial charge in [-0.3, -0.25) is 0 Å². The molecule has 16 heterocycles. The molecule has 0 radical (unpaired) electrons. The Morgan fingerprint density at radius 3 is 0.894 bits per heavy atom. The van der Waals surface area contributed by atoms with Gasteiger partial charge in [-0.1, -0.05) is 215 Å². The number of para-hydroxylation sites is 3. The quantitative estimate of drug-likeness (QED) is 0.0903. The summed E-state index contributed by atoms with van der Waals surface area (Å²) < 4.78 is 20.4. The Morgan fingerprint density at radius 1 is 0.212 bits per heavy atom. The number of pyridine rings is 8. The highest BCUT2D eigenvalue weighted by molar-refractivity contribution is 6.89. The molecule has 132 heavy (non-hydrogen) atoms. The van der Waals surface area contributed by atoms with Gasteiger partial charge in [0.2, 0.25) is 57.4 Å². The van der Waals surface area contributed by atoms with Crippen LogP contribution < -0.4 is 51.4 Å². The van der Waals surface area contributed by atoms with Gasteiger partial charge in [0.15, 0.2) is 43.4 Å². The van der Waals surface area contributed by atoms with Crippen LogP contribution >= 0.6 is 0 Å². The Bertz CT molecular complexity index is 7770. The number of hydrogen-bond acceptors (Lipinski definition) is 0. The molecule has 8 aromatic heterocycles. The maximum absolute atomic E-state index is 2.59. The Balaban J connectivity index is 0.0000000966. The molecule has 0 N–H and O–H groups in total. The number of hydrogen-bond donors (Lipinski definition) is 0. The van der Waals surface area contributed by atoms with Gasteiger partial charge in [-0.2, -0.15) is 4.48 Å². The fraction of sp³-hybridized carbons (Fsp3) is 0.0909. The van der Waals surface area contributed by atoms with Crippen molar-refractivity contribution in [3.63, 3.8) is 0 Å². The van der Waals surface area contributed by atoms with Gasteiger partial charge in [-0.15, -0.1) is 36.5 Å². The van der Waals surface area contributed by atoms with E-state index in [1.165, 1.54) is 178 Å². The largest absolute Gasteiger partial charge is 0.417 e. The van der Waals surface area contributed by atoms with Crippen molar-refractivity contribution in [1.29, 1.82) is 0 Å². The zero-order valence-corrected chi connectivity index (χ0v) is 77.0. The van der Waals surface area contributed by atoms with Crippen LogP contribution in [-0.2, 0) is 22.7 Å². The van der Waals surface area contributed by atoms with Crippen LogP contribution in [-0.4, -0.2) is 16.1 Å². The van der Waals surface area contributed by atoms with Crippen LogP contribution in [0, 0.1) is 6.92 Å². The molecule has 8 aliphatic rings. The lowest BCUT2D eigenvalue weighted by molar-refractivity contribution is -0.955. The number of quaternary nitrogens is 1. The molecule has 3 unspecified atom stereocenters. The minimum atomic E-state index is -1.55. The number of aryl methyl sites for hydroxylation is 1. The maximum atomic E-state index is 2.59. The molecule has 3 atom stereocenters. The van der Waals surface area contributed by atoms with Gasteiger partial charge in [0.05, 0.1) is 66.0 Å². The summed E-state index contributed by atoms with van der Waals surface area (Å²) in [6.45, 7) is 16.9. The topological polar surface area (TPSA) is 31.0 Å². The van der Waals surface area contributed by atoms with Crippen molar-refractivity contribution in [3.05, 3.63) is 518 Å². The third-order valence-corrected chi connectivity index (χ3v) is 33.5. The van der Waals surface area contributed by atoms with Crippen LogP contribution in [0.15, 0.2) is 468 Å². The SMILES string of the molecule is C[Si](C)(C)c1ccc2[n+](c1)C1(c3ccccc3-c3cccc[n+]31)c1ccccc1-2.Cc1cc2[n+](cc1[Si](C)(C)C)C1(c3ccccc3-2)c2ccccc2-c2c3ccccc3cc[n+]21.c1ccc([N+](c2ccccc2)(c2ccccc2)c2ccc3[n+](c2)C2(c4ccccc4-c4cccc[n+]42)c2ccccc2-3)cc1.c1ccc2c(c1)-c1cccc[n+]1C21c2ccccc2-c2cccc[n+]21. The summed E-state index contributed by atoms with van der Waals surface area (Å²) in [5.41, 5.74) is 35.6. The first-order valence-corrected chi connectivity index (χ1v) is 53.3. The monoisotopic (exact) mass is 1730 g/mol. The van der Waals surface area contributed by atoms with E-state index in [0.29, 0.717) is 4.48 Å². The van der Waals surface area contributed by atoms with Crippen LogP contribution in [0.1, 0.15) is 50.1 Å². The van der Waals surface area contributed by atoms with E-state index in [9.17, 15) is 0 Å². The zero-order valence-electron chi connectivity index (χ0n) is 75.0. The summed E-state index contributed by atoms with van der Waals surface area (Å²) in [4.78, 5) is 0. The van der Waals surface area contributed by atoms with Gasteiger partial charge < -0.3 is 0 Å². The van der Waals surface area contributed by atoms with Gasteiger partial charge in [-0.05, 0) is 145 Å². The molecule has 9 nitrogen and oxygen atoms in total. The Morgan fingerprint density at radius 2 is 0.508 bits per heavy atom. The second kappa shape index (κ2) is 29.5. The molecule has 626 valence electrons. The average molecular weight is 1730 g/mol. The van der Waals surface area contributed by atoms with Gasteiger partial charge in [0.25, 0.3) is 0 Å². The van der Waals surface area contributed by atoms with E-state index in [4.69, 9.17) is 0 Å². The lowest BCUT2D eigenvalue weighted by Gasteiger charge is -2.36. The molecule has 28 rings (SSSR count). The van der Waals surface area contributed by atoms with Gasteiger partial charge in [0.1, 0.15) is 61.6 Å². The average Bonchev–Trinajstić information content (AvgIpc) is 1.51. The molecule has 0 bridgehead atoms. The van der Waals surface area contributed by atoms with Crippen molar-refractivity contribution >= 4 is 60.0 Å². The highest BCUT2D eigenvalue weighted by atomic mass is 28.3. The van der Waals surface area contributed by atoms with Gasteiger partial charge >= 0.3 is 22.7 Å². The predicted molar refractivity (Wildman–Crippen MR) is 531 cm³/mol. The first-order valence-electron chi connectivity index (χ1n) is 46.3. The fourth-order valence-corrected chi connectivity index (χ4v) is 27.0. The molecule has 8 aliphatic heterocycles. The molecule has 12 aromatic carbocycles. The smallest absolute Gasteiger partial charge is 0.189 e. The molecule has 0 aliphatic carbocycles. The Kier molecular flexibility index (Phi) is 17.6. The molecular weight excluding hydrogens is 1640 g/mol. The van der Waals surface area contributed by atoms with E-state index in [-0.39, 0.29) is 11.3 Å². The summed E-state index contributed by atoms with van der Waals surface area (Å²) in [5, 5.41) is 5.59. The summed E-state index contributed by atoms with van der Waals surface area (Å²) in [6.07, 6.45) is 18.6. The minimum absolute atomic E-state index is 0.347. The third-order valence-electron chi connectivity index (χ3n) is 29.4. The van der Waals surface area contributed by atoms with Gasteiger partial charge in [-0.25, -0.2) is 0 Å². The summed E-state index contributed by atoms with van der Waals surface area (Å²) in [6, 6.07) is 153. The van der Waals surface area contributed by atoms with E-state index in [0.717, 1.165) is 5.69 Å². The van der Waals surface area contributed by atoms with Crippen molar-refractivity contribution in [2.75, 3.05) is 0 Å². The number of benzene rings is 12. The molecule has 20 aromatic rings. The van der Waals surface area contributed by atoms with Crippen molar-refractivity contribution in [2.45, 2.75) is 68.9 Å². The van der Waals surface area contributed by atoms with Crippen LogP contribution in [0.3, 0.4) is 0 Å². The van der Waals surface area contributed by atoms with Crippen molar-refractivity contribution in [3.8, 4) is 90.1 Å². The fourth-order valence-electron chi connectivity index (χ4n) is 24.1. The zero-order chi connectivity index (χ0) is 88.6. The Labute approximate surface area is 772 Å². The molecule has 0 amide bonds. The van der Waals surface area contributed by atoms with Crippen LogP contribution in [0.4, 0.5) is 22.7 Å². The first-order chi connectivity index (χ1) is 64.7. The molecule has 4 spiro atoms. The van der Waals surface area contributed by atoms with Crippen molar-refractivity contribution in [1.82, 2.24) is 4.48 Å². The van der Waals surface area contributed by atoms with Crippen LogP contribution in [0.2, 0.25) is 39.3 Å². The summed E-state index contributed by atoms with van der Waals surface area (Å²) in [7, 11) is -3.01. The predicted octanol–water partition coefficient (Wildman–Crippen LogP) is 21.9. The van der Waals surface area contributed by atoms with Crippen LogP contribution in [0.25, 0.3) is 101 Å². The van der Waals surface area contributed by atoms with Crippen LogP contribution in [0.5, 0.6) is 0 Å². The molecule has 0 fully saturated rings. The summed E-state index contributed by atoms with van der Waals surface area (Å²) >= 11 is 0. The van der Waals surface area contributed by atoms with E-state index in [1.807, 2.05) is 0 Å². The highest BCUT2D eigenvalue weighted by Gasteiger charge is 2.71. The number of rotatable bonds is 6. The Hall–Kier alpha value is -15.5. The molecule has 0 saturated carbocycles. The molecule has 11 heteroatoms. The van der Waals surface area contributed by atoms with Gasteiger partial charge in [0, 0.05) is 126 Å². The van der Waals surface area contributed by atoms with Crippen molar-refractivity contribution < 1.29 is 36.5 Å². The van der Waals surface area contributed by atoms with E-state index in [2.05, 4.69) is 551 Å². The summed E-state index contributed by atoms with van der Waals surface area (Å²) in [5.74, 6) is 0. The maximum Gasteiger partial charge on any atom is 0.417 e. The minimum Gasteiger partial charge on any atom is -0.189 e. The lowest BCUT2D eigenvalue weighted by atomic mass is 9.90. The number of fused-ring (bicyclic) bond motifs is 42. The first kappa shape index (κ1) is 78.7. The van der Waals surface area contributed by atoms with Crippen molar-refractivity contribution in [2.24, 2.45) is 0 Å². The molecular formula is C121H98N9Si2+9. The van der Waals surface area contributed by atoms with E-state index < -0.39 is 27.5 Å². The number of aromatic nitrogens is 8. The van der Waals surface area contributed by atoms with E-state index >= 15 is 0 Å². The lowest BCUT2D eigenvalue weighted by Crippen LogP contribution is -2.72. The normalized spacial score (nSPS) is 16.6. The second-order valence-corrected chi connectivity index (χ2v) is 48.2. The number of nitrogens with zero attached hydrogens (tertiary/aromatic N) is 9. The third kappa shape index (κ3) is 10.7. The standard InChI is InChI=1S/C41H30N3.C31H28N2Si.C26H24N2Si.C23H16N2/c1-4-16-31(17-5-1)44(32-18-6-2-7-19-32,33-20-8-3-9-21-33)34-27-28-40-36-23-11-13-25-38(36)41(43(40)30-34)37-24-12-10-22-35(37)39-26-14-15-29-42(39)41;1-21-19-28-24-13-7-9-15-26(24)31(33(28)20-29(21)34(2,3)4)27-16-10-8-14-25(27)30-23-12-6-5-11-22(23)17-18-32(30)31;1-29(2,3)19-15-16-25-21-11-5-7-13-23(21)26(28(25)18-19)22-12-6-4-10-20(22)24-14-8-9-17-27(24)26;1-3-11-19-17(9-1)21-13-5-7-15-24(21)23(19)20-12-4-2-10-18(20)22-14-6-8-16-25(22)23/h1-30H;5-20H,1-4H3;4-18H,1-3H3;1-16H/q+3;3*+2. The second-order valence-electron chi connectivity index (χ2n) is 38.1. The highest BCUT2D eigenvalue weighted by Crippen LogP contribution is 2.56. The van der Waals surface area contributed by atoms with E-state index in [1.54, 1.807) is 0 Å². The molecule has 0 saturated heterocycles.